The minimum atomic E-state index is 0.119. The van der Waals surface area contributed by atoms with Crippen molar-refractivity contribution in [3.05, 3.63) is 53.4 Å². The molecule has 1 aromatic carbocycles. The van der Waals surface area contributed by atoms with Crippen molar-refractivity contribution in [2.75, 3.05) is 19.0 Å². The molecule has 0 aliphatic heterocycles. The highest BCUT2D eigenvalue weighted by Crippen LogP contribution is 2.22. The number of hydrogen-bond acceptors (Lipinski definition) is 4. The smallest absolute Gasteiger partial charge is 0.144 e. The molecule has 100 valence electrons. The zero-order valence-corrected chi connectivity index (χ0v) is 11.5. The van der Waals surface area contributed by atoms with E-state index in [1.165, 1.54) is 0 Å². The van der Waals surface area contributed by atoms with Crippen LogP contribution in [-0.2, 0) is 4.74 Å². The van der Waals surface area contributed by atoms with Gasteiger partial charge in [0, 0.05) is 31.1 Å². The van der Waals surface area contributed by atoms with Gasteiger partial charge < -0.3 is 10.1 Å². The van der Waals surface area contributed by atoms with Crippen LogP contribution in [0, 0.1) is 0 Å². The monoisotopic (exact) mass is 277 g/mol. The molecule has 0 amide bonds. The molecule has 1 unspecified atom stereocenters. The van der Waals surface area contributed by atoms with Gasteiger partial charge in [0.2, 0.25) is 0 Å². The summed E-state index contributed by atoms with van der Waals surface area (Å²) in [6, 6.07) is 7.90. The number of ether oxygens (including phenoxy) is 1. The van der Waals surface area contributed by atoms with E-state index >= 15 is 0 Å². The van der Waals surface area contributed by atoms with Gasteiger partial charge in [0.15, 0.2) is 0 Å². The fourth-order valence-corrected chi connectivity index (χ4v) is 1.93. The van der Waals surface area contributed by atoms with Gasteiger partial charge in [0.1, 0.15) is 5.82 Å². The topological polar surface area (TPSA) is 47.0 Å². The molecule has 0 aliphatic carbocycles. The predicted octanol–water partition coefficient (Wildman–Crippen LogP) is 3.32. The fourth-order valence-electron chi connectivity index (χ4n) is 1.81. The number of anilines is 1. The molecule has 0 saturated carbocycles. The highest BCUT2D eigenvalue weighted by molar-refractivity contribution is 6.30. The normalized spacial score (nSPS) is 12.1. The van der Waals surface area contributed by atoms with Crippen LogP contribution in [0.5, 0.6) is 0 Å². The standard InChI is InChI=1S/C14H16ClN3O/c1-19-9-6-13(11-2-4-12(15)5-3-11)18-14-10-16-7-8-17-14/h2-5,7-8,10,13H,6,9H2,1H3,(H,17,18). The summed E-state index contributed by atoms with van der Waals surface area (Å²) in [6.45, 7) is 0.667. The van der Waals surface area contributed by atoms with E-state index in [1.807, 2.05) is 24.3 Å². The van der Waals surface area contributed by atoms with E-state index < -0.39 is 0 Å². The average Bonchev–Trinajstić information content (AvgIpc) is 2.45. The van der Waals surface area contributed by atoms with Crippen molar-refractivity contribution in [3.8, 4) is 0 Å². The number of hydrogen-bond donors (Lipinski definition) is 1. The van der Waals surface area contributed by atoms with Gasteiger partial charge >= 0.3 is 0 Å². The molecule has 4 nitrogen and oxygen atoms in total. The van der Waals surface area contributed by atoms with E-state index in [0.717, 1.165) is 22.8 Å². The Labute approximate surface area is 117 Å². The first-order chi connectivity index (χ1) is 9.29. The minimum absolute atomic E-state index is 0.119. The van der Waals surface area contributed by atoms with E-state index in [-0.39, 0.29) is 6.04 Å². The zero-order valence-electron chi connectivity index (χ0n) is 10.7. The van der Waals surface area contributed by atoms with E-state index in [4.69, 9.17) is 16.3 Å². The molecule has 0 fully saturated rings. The average molecular weight is 278 g/mol. The van der Waals surface area contributed by atoms with Crippen molar-refractivity contribution in [1.29, 1.82) is 0 Å². The van der Waals surface area contributed by atoms with Crippen LogP contribution < -0.4 is 5.32 Å². The predicted molar refractivity (Wildman–Crippen MR) is 76.3 cm³/mol. The van der Waals surface area contributed by atoms with Gasteiger partial charge in [-0.3, -0.25) is 4.98 Å². The summed E-state index contributed by atoms with van der Waals surface area (Å²) in [7, 11) is 1.70. The second kappa shape index (κ2) is 7.07. The zero-order chi connectivity index (χ0) is 13.5. The van der Waals surface area contributed by atoms with E-state index in [2.05, 4.69) is 15.3 Å². The summed E-state index contributed by atoms with van der Waals surface area (Å²) in [5.41, 5.74) is 1.15. The Morgan fingerprint density at radius 2 is 2.05 bits per heavy atom. The van der Waals surface area contributed by atoms with Crippen LogP contribution in [0.4, 0.5) is 5.82 Å². The maximum absolute atomic E-state index is 5.91. The van der Waals surface area contributed by atoms with Gasteiger partial charge in [-0.1, -0.05) is 23.7 Å². The summed E-state index contributed by atoms with van der Waals surface area (Å²) in [4.78, 5) is 8.28. The van der Waals surface area contributed by atoms with Crippen LogP contribution in [-0.4, -0.2) is 23.7 Å². The van der Waals surface area contributed by atoms with E-state index in [0.29, 0.717) is 6.61 Å². The second-order valence-corrected chi connectivity index (χ2v) is 4.56. The van der Waals surface area contributed by atoms with Gasteiger partial charge in [-0.05, 0) is 24.1 Å². The van der Waals surface area contributed by atoms with Crippen molar-refractivity contribution < 1.29 is 4.74 Å². The maximum atomic E-state index is 5.91. The Kier molecular flexibility index (Phi) is 5.12. The third kappa shape index (κ3) is 4.19. The number of nitrogens with one attached hydrogen (secondary N) is 1. The Balaban J connectivity index is 2.13. The first kappa shape index (κ1) is 13.8. The van der Waals surface area contributed by atoms with Crippen molar-refractivity contribution in [3.63, 3.8) is 0 Å². The summed E-state index contributed by atoms with van der Waals surface area (Å²) < 4.78 is 5.15. The van der Waals surface area contributed by atoms with Gasteiger partial charge in [-0.2, -0.15) is 0 Å². The first-order valence-electron chi connectivity index (χ1n) is 6.06. The van der Waals surface area contributed by atoms with Crippen LogP contribution >= 0.6 is 11.6 Å². The molecule has 19 heavy (non-hydrogen) atoms. The Morgan fingerprint density at radius 3 is 2.68 bits per heavy atom. The van der Waals surface area contributed by atoms with Crippen LogP contribution in [0.3, 0.4) is 0 Å². The number of methoxy groups -OCH3 is 1. The Morgan fingerprint density at radius 1 is 1.26 bits per heavy atom. The summed E-state index contributed by atoms with van der Waals surface area (Å²) >= 11 is 5.91. The quantitative estimate of drug-likeness (QED) is 0.880. The molecule has 2 rings (SSSR count). The summed E-state index contributed by atoms with van der Waals surface area (Å²) in [5.74, 6) is 0.749. The fraction of sp³-hybridized carbons (Fsp3) is 0.286. The number of rotatable bonds is 6. The molecular formula is C14H16ClN3O. The molecule has 0 bridgehead atoms. The molecule has 0 saturated heterocycles. The highest BCUT2D eigenvalue weighted by Gasteiger charge is 2.11. The molecule has 0 spiro atoms. The largest absolute Gasteiger partial charge is 0.385 e. The Hall–Kier alpha value is -1.65. The van der Waals surface area contributed by atoms with Gasteiger partial charge in [-0.15, -0.1) is 0 Å². The lowest BCUT2D eigenvalue weighted by atomic mass is 10.0. The first-order valence-corrected chi connectivity index (χ1v) is 6.44. The summed E-state index contributed by atoms with van der Waals surface area (Å²) in [6.07, 6.45) is 5.86. The van der Waals surface area contributed by atoms with E-state index in [9.17, 15) is 0 Å². The van der Waals surface area contributed by atoms with E-state index in [1.54, 1.807) is 25.7 Å². The minimum Gasteiger partial charge on any atom is -0.385 e. The molecule has 1 heterocycles. The highest BCUT2D eigenvalue weighted by atomic mass is 35.5. The Bertz CT molecular complexity index is 490. The van der Waals surface area contributed by atoms with Crippen molar-refractivity contribution in [1.82, 2.24) is 9.97 Å². The van der Waals surface area contributed by atoms with Gasteiger partial charge in [0.25, 0.3) is 0 Å². The number of halogens is 1. The molecule has 1 atom stereocenters. The lowest BCUT2D eigenvalue weighted by Crippen LogP contribution is -2.14. The lowest BCUT2D eigenvalue weighted by molar-refractivity contribution is 0.190. The third-order valence-corrected chi connectivity index (χ3v) is 3.02. The maximum Gasteiger partial charge on any atom is 0.144 e. The van der Waals surface area contributed by atoms with Gasteiger partial charge in [-0.25, -0.2) is 4.98 Å². The molecule has 1 N–H and O–H groups in total. The summed E-state index contributed by atoms with van der Waals surface area (Å²) in [5, 5.41) is 4.08. The second-order valence-electron chi connectivity index (χ2n) is 4.12. The van der Waals surface area contributed by atoms with Crippen molar-refractivity contribution in [2.45, 2.75) is 12.5 Å². The SMILES string of the molecule is COCCC(Nc1cnccn1)c1ccc(Cl)cc1. The molecule has 0 radical (unpaired) electrons. The van der Waals surface area contributed by atoms with Gasteiger partial charge in [0.05, 0.1) is 12.2 Å². The third-order valence-electron chi connectivity index (χ3n) is 2.77. The molecular weight excluding hydrogens is 262 g/mol. The van der Waals surface area contributed by atoms with Crippen LogP contribution in [0.15, 0.2) is 42.9 Å². The molecule has 1 aromatic heterocycles. The molecule has 2 aromatic rings. The van der Waals surface area contributed by atoms with Crippen molar-refractivity contribution in [2.24, 2.45) is 0 Å². The van der Waals surface area contributed by atoms with Crippen LogP contribution in [0.1, 0.15) is 18.0 Å². The van der Waals surface area contributed by atoms with Crippen LogP contribution in [0.2, 0.25) is 5.02 Å². The number of aromatic nitrogens is 2. The number of nitrogens with zero attached hydrogens (tertiary/aromatic N) is 2. The molecule has 5 heteroatoms. The molecule has 0 aliphatic rings. The number of benzene rings is 1. The van der Waals surface area contributed by atoms with Crippen molar-refractivity contribution >= 4 is 17.4 Å². The lowest BCUT2D eigenvalue weighted by Gasteiger charge is -2.19. The van der Waals surface area contributed by atoms with Crippen LogP contribution in [0.25, 0.3) is 0 Å².